The quantitative estimate of drug-likeness (QED) is 0.529. The highest BCUT2D eigenvalue weighted by Crippen LogP contribution is 1.90. The van der Waals surface area contributed by atoms with E-state index in [0.29, 0.717) is 12.1 Å². The van der Waals surface area contributed by atoms with Gasteiger partial charge < -0.3 is 10.6 Å². The molecular formula is C8H20N2. The minimum atomic E-state index is 0.652. The van der Waals surface area contributed by atoms with Crippen molar-refractivity contribution < 1.29 is 0 Å². The molecule has 2 nitrogen and oxygen atoms in total. The van der Waals surface area contributed by atoms with Gasteiger partial charge in [0.25, 0.3) is 0 Å². The topological polar surface area (TPSA) is 24.1 Å². The predicted molar refractivity (Wildman–Crippen MR) is 46.3 cm³/mol. The van der Waals surface area contributed by atoms with Crippen molar-refractivity contribution in [3.63, 3.8) is 0 Å². The van der Waals surface area contributed by atoms with Crippen LogP contribution in [0.15, 0.2) is 0 Å². The van der Waals surface area contributed by atoms with Gasteiger partial charge in [0.05, 0.1) is 0 Å². The van der Waals surface area contributed by atoms with Crippen molar-refractivity contribution in [3.05, 3.63) is 0 Å². The maximum Gasteiger partial charge on any atom is 0.0167 e. The lowest BCUT2D eigenvalue weighted by molar-refractivity contribution is 0.370. The highest BCUT2D eigenvalue weighted by atomic mass is 15.1. The van der Waals surface area contributed by atoms with Crippen molar-refractivity contribution in [3.8, 4) is 0 Å². The number of nitrogens with one attached hydrogen (secondary N) is 2. The third kappa shape index (κ3) is 3.85. The molecule has 10 heavy (non-hydrogen) atoms. The summed E-state index contributed by atoms with van der Waals surface area (Å²) in [5.41, 5.74) is 0. The van der Waals surface area contributed by atoms with Crippen LogP contribution < -0.4 is 10.6 Å². The first kappa shape index (κ1) is 9.92. The van der Waals surface area contributed by atoms with Crippen LogP contribution in [0.4, 0.5) is 0 Å². The van der Waals surface area contributed by atoms with E-state index in [1.165, 1.54) is 0 Å². The molecule has 1 saturated heterocycles. The molecule has 0 bridgehead atoms. The third-order valence-corrected chi connectivity index (χ3v) is 1.47. The molecule has 2 N–H and O–H groups in total. The lowest BCUT2D eigenvalue weighted by Crippen LogP contribution is -2.52. The summed E-state index contributed by atoms with van der Waals surface area (Å²) < 4.78 is 0. The smallest absolute Gasteiger partial charge is 0.0167 e. The highest BCUT2D eigenvalue weighted by Gasteiger charge is 2.11. The Morgan fingerprint density at radius 3 is 1.60 bits per heavy atom. The van der Waals surface area contributed by atoms with Gasteiger partial charge in [0, 0.05) is 25.2 Å². The molecule has 0 aromatic carbocycles. The second-order valence-corrected chi connectivity index (χ2v) is 2.63. The maximum absolute atomic E-state index is 3.42. The SMILES string of the molecule is CC.CC1CNC[C@@H](C)N1. The molecule has 1 heterocycles. The molecular weight excluding hydrogens is 124 g/mol. The molecule has 0 radical (unpaired) electrons. The number of hydrogen-bond donors (Lipinski definition) is 2. The van der Waals surface area contributed by atoms with Crippen LogP contribution >= 0.6 is 0 Å². The number of hydrogen-bond acceptors (Lipinski definition) is 2. The average molecular weight is 144 g/mol. The van der Waals surface area contributed by atoms with Crippen LogP contribution in [0.2, 0.25) is 0 Å². The van der Waals surface area contributed by atoms with Crippen molar-refractivity contribution in [1.82, 2.24) is 10.6 Å². The van der Waals surface area contributed by atoms with E-state index < -0.39 is 0 Å². The summed E-state index contributed by atoms with van der Waals surface area (Å²) in [5.74, 6) is 0. The summed E-state index contributed by atoms with van der Waals surface area (Å²) in [6.45, 7) is 10.6. The van der Waals surface area contributed by atoms with Gasteiger partial charge in [-0.25, -0.2) is 0 Å². The zero-order chi connectivity index (χ0) is 7.98. The third-order valence-electron chi connectivity index (χ3n) is 1.47. The fourth-order valence-electron chi connectivity index (χ4n) is 1.12. The van der Waals surface area contributed by atoms with E-state index >= 15 is 0 Å². The summed E-state index contributed by atoms with van der Waals surface area (Å²) in [4.78, 5) is 0. The van der Waals surface area contributed by atoms with E-state index in [-0.39, 0.29) is 0 Å². The van der Waals surface area contributed by atoms with Crippen LogP contribution in [0.1, 0.15) is 27.7 Å². The molecule has 0 amide bonds. The minimum absolute atomic E-state index is 0.652. The van der Waals surface area contributed by atoms with E-state index in [9.17, 15) is 0 Å². The van der Waals surface area contributed by atoms with Gasteiger partial charge in [-0.3, -0.25) is 0 Å². The Hall–Kier alpha value is -0.0800. The monoisotopic (exact) mass is 144 g/mol. The van der Waals surface area contributed by atoms with Crippen molar-refractivity contribution in [2.45, 2.75) is 39.8 Å². The van der Waals surface area contributed by atoms with E-state index in [0.717, 1.165) is 13.1 Å². The zero-order valence-electron chi connectivity index (χ0n) is 7.57. The Kier molecular flexibility index (Phi) is 5.64. The van der Waals surface area contributed by atoms with Crippen LogP contribution in [0, 0.1) is 0 Å². The second-order valence-electron chi connectivity index (χ2n) is 2.63. The van der Waals surface area contributed by atoms with Gasteiger partial charge in [-0.05, 0) is 13.8 Å². The number of rotatable bonds is 0. The summed E-state index contributed by atoms with van der Waals surface area (Å²) >= 11 is 0. The fraction of sp³-hybridized carbons (Fsp3) is 1.00. The van der Waals surface area contributed by atoms with Crippen LogP contribution in [-0.4, -0.2) is 25.2 Å². The largest absolute Gasteiger partial charge is 0.314 e. The van der Waals surface area contributed by atoms with Gasteiger partial charge in [0.15, 0.2) is 0 Å². The van der Waals surface area contributed by atoms with Gasteiger partial charge in [-0.2, -0.15) is 0 Å². The minimum Gasteiger partial charge on any atom is -0.314 e. The lowest BCUT2D eigenvalue weighted by atomic mass is 10.2. The van der Waals surface area contributed by atoms with Crippen molar-refractivity contribution in [1.29, 1.82) is 0 Å². The molecule has 1 fully saturated rings. The van der Waals surface area contributed by atoms with Crippen molar-refractivity contribution in [2.75, 3.05) is 13.1 Å². The van der Waals surface area contributed by atoms with Gasteiger partial charge in [-0.1, -0.05) is 13.8 Å². The van der Waals surface area contributed by atoms with Crippen LogP contribution in [-0.2, 0) is 0 Å². The molecule has 1 aliphatic rings. The first-order valence-corrected chi connectivity index (χ1v) is 4.26. The summed E-state index contributed by atoms with van der Waals surface area (Å²) in [7, 11) is 0. The molecule has 2 heteroatoms. The Bertz CT molecular complexity index is 65.7. The number of piperazine rings is 1. The average Bonchev–Trinajstić information content (AvgIpc) is 1.91. The molecule has 1 rings (SSSR count). The molecule has 1 unspecified atom stereocenters. The van der Waals surface area contributed by atoms with Gasteiger partial charge in [0.1, 0.15) is 0 Å². The summed E-state index contributed by atoms with van der Waals surface area (Å²) in [6.07, 6.45) is 0. The first-order chi connectivity index (χ1) is 4.79. The van der Waals surface area contributed by atoms with Crippen LogP contribution in [0.3, 0.4) is 0 Å². The maximum atomic E-state index is 3.42. The van der Waals surface area contributed by atoms with Gasteiger partial charge in [-0.15, -0.1) is 0 Å². The molecule has 0 spiro atoms. The molecule has 0 aromatic heterocycles. The molecule has 0 aliphatic carbocycles. The summed E-state index contributed by atoms with van der Waals surface area (Å²) in [5, 5.41) is 6.74. The molecule has 0 saturated carbocycles. The highest BCUT2D eigenvalue weighted by molar-refractivity contribution is 4.76. The normalized spacial score (nSPS) is 32.4. The van der Waals surface area contributed by atoms with Crippen molar-refractivity contribution >= 4 is 0 Å². The predicted octanol–water partition coefficient (Wildman–Crippen LogP) is 0.982. The van der Waals surface area contributed by atoms with Gasteiger partial charge >= 0.3 is 0 Å². The Labute approximate surface area is 64.4 Å². The molecule has 62 valence electrons. The van der Waals surface area contributed by atoms with Gasteiger partial charge in [0.2, 0.25) is 0 Å². The Morgan fingerprint density at radius 1 is 1.00 bits per heavy atom. The standard InChI is InChI=1S/C6H14N2.C2H6/c1-5-3-7-4-6(2)8-5;1-2/h5-8H,3-4H2,1-2H3;1-2H3/t5-,6?;/m1./s1. The van der Waals surface area contributed by atoms with E-state index in [2.05, 4.69) is 24.5 Å². The molecule has 0 aromatic rings. The fourth-order valence-corrected chi connectivity index (χ4v) is 1.12. The first-order valence-electron chi connectivity index (χ1n) is 4.26. The summed E-state index contributed by atoms with van der Waals surface area (Å²) in [6, 6.07) is 1.30. The molecule has 1 aliphatic heterocycles. The zero-order valence-corrected chi connectivity index (χ0v) is 7.57. The Morgan fingerprint density at radius 2 is 1.40 bits per heavy atom. The van der Waals surface area contributed by atoms with Crippen LogP contribution in [0.5, 0.6) is 0 Å². The van der Waals surface area contributed by atoms with E-state index in [1.807, 2.05) is 13.8 Å². The van der Waals surface area contributed by atoms with E-state index in [4.69, 9.17) is 0 Å². The Balaban J connectivity index is 0.000000371. The second kappa shape index (κ2) is 5.69. The van der Waals surface area contributed by atoms with Crippen molar-refractivity contribution in [2.24, 2.45) is 0 Å². The lowest BCUT2D eigenvalue weighted by Gasteiger charge is -2.26. The molecule has 2 atom stereocenters. The van der Waals surface area contributed by atoms with E-state index in [1.54, 1.807) is 0 Å². The van der Waals surface area contributed by atoms with Crippen LogP contribution in [0.25, 0.3) is 0 Å².